The highest BCUT2D eigenvalue weighted by Gasteiger charge is 2.29. The Morgan fingerprint density at radius 2 is 2.29 bits per heavy atom. The second kappa shape index (κ2) is 7.07. The summed E-state index contributed by atoms with van der Waals surface area (Å²) in [4.78, 5) is 11.0. The highest BCUT2D eigenvalue weighted by Crippen LogP contribution is 2.27. The van der Waals surface area contributed by atoms with Crippen molar-refractivity contribution in [3.63, 3.8) is 0 Å². The van der Waals surface area contributed by atoms with Crippen LogP contribution in [0.2, 0.25) is 0 Å². The number of imidazole rings is 1. The number of nitrogens with one attached hydrogen (secondary N) is 1. The first-order valence-corrected chi connectivity index (χ1v) is 8.45. The van der Waals surface area contributed by atoms with Crippen LogP contribution in [-0.2, 0) is 6.54 Å². The zero-order valence-electron chi connectivity index (χ0n) is 14.9. The Kier molecular flexibility index (Phi) is 4.87. The second-order valence-corrected chi connectivity index (χ2v) is 6.49. The topological polar surface area (TPSA) is 71.5 Å². The van der Waals surface area contributed by atoms with E-state index in [9.17, 15) is 0 Å². The fraction of sp³-hybridized carbons (Fsp3) is 0.588. The summed E-state index contributed by atoms with van der Waals surface area (Å²) in [6, 6.07) is 0.416. The number of piperidine rings is 1. The summed E-state index contributed by atoms with van der Waals surface area (Å²) in [5.41, 5.74) is 2.03. The molecule has 3 rings (SSSR count). The Morgan fingerprint density at radius 1 is 1.46 bits per heavy atom. The molecule has 3 heterocycles. The van der Waals surface area contributed by atoms with Gasteiger partial charge in [0, 0.05) is 44.6 Å². The maximum Gasteiger partial charge on any atom is 0.193 e. The quantitative estimate of drug-likeness (QED) is 0.690. The molecule has 1 aliphatic rings. The van der Waals surface area contributed by atoms with E-state index in [4.69, 9.17) is 4.52 Å². The van der Waals surface area contributed by atoms with Gasteiger partial charge >= 0.3 is 0 Å². The fourth-order valence-corrected chi connectivity index (χ4v) is 3.35. The van der Waals surface area contributed by atoms with Gasteiger partial charge in [0.2, 0.25) is 0 Å². The van der Waals surface area contributed by atoms with Gasteiger partial charge in [-0.05, 0) is 26.2 Å². The molecule has 0 saturated carbocycles. The lowest BCUT2D eigenvalue weighted by Gasteiger charge is -2.39. The van der Waals surface area contributed by atoms with Gasteiger partial charge in [-0.2, -0.15) is 0 Å². The largest absolute Gasteiger partial charge is 0.361 e. The Balaban J connectivity index is 1.67. The molecule has 2 unspecified atom stereocenters. The lowest BCUT2D eigenvalue weighted by Crippen LogP contribution is -2.48. The zero-order chi connectivity index (χ0) is 17.1. The van der Waals surface area contributed by atoms with E-state index in [1.807, 2.05) is 39.6 Å². The second-order valence-electron chi connectivity index (χ2n) is 6.49. The van der Waals surface area contributed by atoms with Gasteiger partial charge in [0.05, 0.1) is 18.1 Å². The van der Waals surface area contributed by atoms with Crippen molar-refractivity contribution in [2.45, 2.75) is 39.8 Å². The first-order valence-electron chi connectivity index (χ1n) is 8.45. The van der Waals surface area contributed by atoms with Crippen molar-refractivity contribution in [2.24, 2.45) is 10.9 Å². The standard InChI is InChI=1S/C17H26N6O/c1-12-5-7-22(10-16(12)23-8-6-19-11-23)17(18-4)20-9-15-13(2)21-24-14(15)3/h6,8,11-12,16H,5,7,9-10H2,1-4H3,(H,18,20). The lowest BCUT2D eigenvalue weighted by molar-refractivity contribution is 0.189. The van der Waals surface area contributed by atoms with Crippen LogP contribution in [0.5, 0.6) is 0 Å². The maximum absolute atomic E-state index is 5.23. The maximum atomic E-state index is 5.23. The van der Waals surface area contributed by atoms with E-state index in [0.717, 1.165) is 42.5 Å². The third kappa shape index (κ3) is 3.29. The molecule has 0 aliphatic carbocycles. The minimum atomic E-state index is 0.416. The van der Waals surface area contributed by atoms with E-state index in [-0.39, 0.29) is 0 Å². The smallest absolute Gasteiger partial charge is 0.193 e. The molecule has 2 aromatic heterocycles. The van der Waals surface area contributed by atoms with E-state index < -0.39 is 0 Å². The summed E-state index contributed by atoms with van der Waals surface area (Å²) < 4.78 is 7.44. The van der Waals surface area contributed by atoms with Gasteiger partial charge < -0.3 is 19.3 Å². The van der Waals surface area contributed by atoms with Gasteiger partial charge in [-0.1, -0.05) is 12.1 Å². The Labute approximate surface area is 142 Å². The summed E-state index contributed by atoms with van der Waals surface area (Å²) >= 11 is 0. The Morgan fingerprint density at radius 3 is 2.92 bits per heavy atom. The summed E-state index contributed by atoms with van der Waals surface area (Å²) in [5, 5.41) is 7.46. The molecule has 2 aromatic rings. The molecule has 0 aromatic carbocycles. The molecule has 0 spiro atoms. The van der Waals surface area contributed by atoms with Gasteiger partial charge in [0.15, 0.2) is 5.96 Å². The van der Waals surface area contributed by atoms with Gasteiger partial charge in [-0.15, -0.1) is 0 Å². The first-order chi connectivity index (χ1) is 11.6. The normalized spacial score (nSPS) is 22.0. The van der Waals surface area contributed by atoms with E-state index in [2.05, 4.69) is 36.8 Å². The van der Waals surface area contributed by atoms with E-state index >= 15 is 0 Å². The number of aryl methyl sites for hydroxylation is 2. The highest BCUT2D eigenvalue weighted by atomic mass is 16.5. The molecule has 1 N–H and O–H groups in total. The van der Waals surface area contributed by atoms with Crippen LogP contribution in [0.4, 0.5) is 0 Å². The van der Waals surface area contributed by atoms with Crippen LogP contribution in [0.1, 0.15) is 36.4 Å². The van der Waals surface area contributed by atoms with Crippen LogP contribution in [0.15, 0.2) is 28.2 Å². The monoisotopic (exact) mass is 330 g/mol. The van der Waals surface area contributed by atoms with Crippen molar-refractivity contribution in [3.8, 4) is 0 Å². The number of aromatic nitrogens is 3. The van der Waals surface area contributed by atoms with E-state index in [1.165, 1.54) is 0 Å². The van der Waals surface area contributed by atoms with Crippen molar-refractivity contribution < 1.29 is 4.52 Å². The Bertz CT molecular complexity index is 671. The minimum Gasteiger partial charge on any atom is -0.361 e. The van der Waals surface area contributed by atoms with Gasteiger partial charge in [-0.3, -0.25) is 4.99 Å². The number of aliphatic imine (C=N–C) groups is 1. The third-order valence-corrected chi connectivity index (χ3v) is 4.94. The predicted molar refractivity (Wildman–Crippen MR) is 92.8 cm³/mol. The van der Waals surface area contributed by atoms with Crippen molar-refractivity contribution in [1.29, 1.82) is 0 Å². The molecule has 130 valence electrons. The van der Waals surface area contributed by atoms with Gasteiger partial charge in [0.1, 0.15) is 5.76 Å². The van der Waals surface area contributed by atoms with Crippen LogP contribution in [0, 0.1) is 19.8 Å². The molecule has 1 saturated heterocycles. The van der Waals surface area contributed by atoms with Crippen molar-refractivity contribution >= 4 is 5.96 Å². The molecule has 7 heteroatoms. The minimum absolute atomic E-state index is 0.416. The summed E-state index contributed by atoms with van der Waals surface area (Å²) in [5.74, 6) is 2.40. The zero-order valence-corrected chi connectivity index (χ0v) is 14.9. The summed E-state index contributed by atoms with van der Waals surface area (Å²) in [7, 11) is 1.83. The van der Waals surface area contributed by atoms with Crippen LogP contribution < -0.4 is 5.32 Å². The number of nitrogens with zero attached hydrogens (tertiary/aromatic N) is 5. The van der Waals surface area contributed by atoms with Crippen molar-refractivity contribution in [1.82, 2.24) is 24.9 Å². The van der Waals surface area contributed by atoms with Crippen LogP contribution in [0.3, 0.4) is 0 Å². The molecule has 1 fully saturated rings. The summed E-state index contributed by atoms with van der Waals surface area (Å²) in [6.45, 7) is 8.83. The number of hydrogen-bond acceptors (Lipinski definition) is 4. The average molecular weight is 330 g/mol. The van der Waals surface area contributed by atoms with E-state index in [1.54, 1.807) is 0 Å². The molecule has 2 atom stereocenters. The van der Waals surface area contributed by atoms with Crippen LogP contribution >= 0.6 is 0 Å². The number of guanidine groups is 1. The number of hydrogen-bond donors (Lipinski definition) is 1. The van der Waals surface area contributed by atoms with Gasteiger partial charge in [0.25, 0.3) is 0 Å². The SMILES string of the molecule is CN=C(NCc1c(C)noc1C)N1CCC(C)C(n2ccnc2)C1. The molecule has 24 heavy (non-hydrogen) atoms. The van der Waals surface area contributed by atoms with E-state index in [0.29, 0.717) is 18.5 Å². The molecular formula is C17H26N6O. The lowest BCUT2D eigenvalue weighted by atomic mass is 9.93. The average Bonchev–Trinajstić information content (AvgIpc) is 3.21. The predicted octanol–water partition coefficient (Wildman–Crippen LogP) is 2.15. The van der Waals surface area contributed by atoms with Crippen molar-refractivity contribution in [3.05, 3.63) is 35.7 Å². The summed E-state index contributed by atoms with van der Waals surface area (Å²) in [6.07, 6.45) is 6.93. The number of rotatable bonds is 3. The molecule has 1 aliphatic heterocycles. The molecular weight excluding hydrogens is 304 g/mol. The van der Waals surface area contributed by atoms with Crippen molar-refractivity contribution in [2.75, 3.05) is 20.1 Å². The third-order valence-electron chi connectivity index (χ3n) is 4.94. The Hall–Kier alpha value is -2.31. The molecule has 0 radical (unpaired) electrons. The van der Waals surface area contributed by atoms with Gasteiger partial charge in [-0.25, -0.2) is 4.98 Å². The molecule has 7 nitrogen and oxygen atoms in total. The van der Waals surface area contributed by atoms with Crippen LogP contribution in [0.25, 0.3) is 0 Å². The molecule has 0 bridgehead atoms. The van der Waals surface area contributed by atoms with Crippen LogP contribution in [-0.4, -0.2) is 45.7 Å². The number of likely N-dealkylation sites (tertiary alicyclic amines) is 1. The first kappa shape index (κ1) is 16.5. The highest BCUT2D eigenvalue weighted by molar-refractivity contribution is 5.80. The fourth-order valence-electron chi connectivity index (χ4n) is 3.35. The molecule has 0 amide bonds.